The standard InChI is InChI=1S/C23H21N3O2S2/c1-15-18(14-24)22(30-19(15)23(28)26(2)3)25-21(27)20(16-10-6-4-7-11-16)29-17-12-8-5-9-13-17/h4-13,20H,1-3H3,(H,25,27). The van der Waals surface area contributed by atoms with E-state index in [1.165, 1.54) is 16.7 Å². The molecule has 0 spiro atoms. The number of nitrogens with zero attached hydrogens (tertiary/aromatic N) is 2. The van der Waals surface area contributed by atoms with Crippen molar-refractivity contribution in [1.29, 1.82) is 5.26 Å². The first kappa shape index (κ1) is 21.6. The first-order chi connectivity index (χ1) is 14.4. The lowest BCUT2D eigenvalue weighted by Crippen LogP contribution is -2.21. The Labute approximate surface area is 184 Å². The number of carbonyl (C=O) groups is 2. The average Bonchev–Trinajstić information content (AvgIpc) is 3.07. The fourth-order valence-electron chi connectivity index (χ4n) is 2.86. The van der Waals surface area contributed by atoms with Crippen molar-refractivity contribution in [3.8, 4) is 6.07 Å². The second-order valence-electron chi connectivity index (χ2n) is 6.78. The largest absolute Gasteiger partial charge is 0.344 e. The highest BCUT2D eigenvalue weighted by atomic mass is 32.2. The summed E-state index contributed by atoms with van der Waals surface area (Å²) < 4.78 is 0. The van der Waals surface area contributed by atoms with Crippen molar-refractivity contribution in [1.82, 2.24) is 4.90 Å². The molecule has 30 heavy (non-hydrogen) atoms. The van der Waals surface area contributed by atoms with E-state index < -0.39 is 5.25 Å². The number of benzene rings is 2. The van der Waals surface area contributed by atoms with Gasteiger partial charge in [-0.15, -0.1) is 23.1 Å². The van der Waals surface area contributed by atoms with Gasteiger partial charge in [-0.25, -0.2) is 0 Å². The molecule has 2 aromatic carbocycles. The number of carbonyl (C=O) groups excluding carboxylic acids is 2. The van der Waals surface area contributed by atoms with Crippen LogP contribution in [0.4, 0.5) is 5.00 Å². The first-order valence-corrected chi connectivity index (χ1v) is 10.9. The van der Waals surface area contributed by atoms with E-state index in [1.54, 1.807) is 21.0 Å². The molecule has 0 radical (unpaired) electrons. The Morgan fingerprint density at radius 1 is 1.07 bits per heavy atom. The van der Waals surface area contributed by atoms with Gasteiger partial charge in [0.25, 0.3) is 5.91 Å². The second kappa shape index (κ2) is 9.61. The van der Waals surface area contributed by atoms with Crippen LogP contribution in [-0.4, -0.2) is 30.8 Å². The minimum absolute atomic E-state index is 0.187. The lowest BCUT2D eigenvalue weighted by atomic mass is 10.1. The smallest absolute Gasteiger partial charge is 0.263 e. The normalized spacial score (nSPS) is 11.4. The molecule has 152 valence electrons. The quantitative estimate of drug-likeness (QED) is 0.547. The Morgan fingerprint density at radius 3 is 2.23 bits per heavy atom. The molecule has 1 aromatic heterocycles. The Morgan fingerprint density at radius 2 is 1.67 bits per heavy atom. The number of hydrogen-bond acceptors (Lipinski definition) is 5. The molecule has 0 aliphatic carbocycles. The third kappa shape index (κ3) is 4.73. The van der Waals surface area contributed by atoms with E-state index in [-0.39, 0.29) is 11.8 Å². The summed E-state index contributed by atoms with van der Waals surface area (Å²) in [5, 5.41) is 12.4. The van der Waals surface area contributed by atoms with Gasteiger partial charge in [-0.2, -0.15) is 5.26 Å². The zero-order valence-corrected chi connectivity index (χ0v) is 18.5. The predicted octanol–water partition coefficient (Wildman–Crippen LogP) is 5.10. The Bertz CT molecular complexity index is 1090. The molecular weight excluding hydrogens is 414 g/mol. The van der Waals surface area contributed by atoms with Crippen LogP contribution >= 0.6 is 23.1 Å². The van der Waals surface area contributed by atoms with Gasteiger partial charge in [-0.05, 0) is 30.2 Å². The highest BCUT2D eigenvalue weighted by Gasteiger charge is 2.26. The molecule has 1 atom stereocenters. The Kier molecular flexibility index (Phi) is 6.93. The van der Waals surface area contributed by atoms with Crippen molar-refractivity contribution < 1.29 is 9.59 Å². The average molecular weight is 436 g/mol. The summed E-state index contributed by atoms with van der Waals surface area (Å²) in [4.78, 5) is 28.6. The molecule has 0 aliphatic rings. The number of amides is 2. The van der Waals surface area contributed by atoms with Gasteiger partial charge in [-0.3, -0.25) is 9.59 Å². The van der Waals surface area contributed by atoms with Crippen LogP contribution in [0, 0.1) is 18.3 Å². The maximum atomic E-state index is 13.3. The van der Waals surface area contributed by atoms with Crippen molar-refractivity contribution in [2.45, 2.75) is 17.1 Å². The van der Waals surface area contributed by atoms with Gasteiger partial charge >= 0.3 is 0 Å². The maximum Gasteiger partial charge on any atom is 0.263 e. The third-order valence-corrected chi connectivity index (χ3v) is 6.89. The van der Waals surface area contributed by atoms with Gasteiger partial charge in [0, 0.05) is 19.0 Å². The van der Waals surface area contributed by atoms with Gasteiger partial charge in [0.2, 0.25) is 5.91 Å². The van der Waals surface area contributed by atoms with Crippen LogP contribution < -0.4 is 5.32 Å². The number of hydrogen-bond donors (Lipinski definition) is 1. The Hall–Kier alpha value is -3.08. The minimum Gasteiger partial charge on any atom is -0.344 e. The van der Waals surface area contributed by atoms with Crippen LogP contribution in [0.3, 0.4) is 0 Å². The molecule has 3 rings (SSSR count). The van der Waals surface area contributed by atoms with Crippen LogP contribution in [0.5, 0.6) is 0 Å². The lowest BCUT2D eigenvalue weighted by Gasteiger charge is -2.16. The van der Waals surface area contributed by atoms with Crippen LogP contribution in [0.15, 0.2) is 65.6 Å². The van der Waals surface area contributed by atoms with E-state index in [2.05, 4.69) is 11.4 Å². The summed E-state index contributed by atoms with van der Waals surface area (Å²) in [6.45, 7) is 1.73. The number of rotatable bonds is 6. The summed E-state index contributed by atoms with van der Waals surface area (Å²) >= 11 is 2.58. The van der Waals surface area contributed by atoms with Gasteiger partial charge in [0.05, 0.1) is 10.4 Å². The van der Waals surface area contributed by atoms with Crippen molar-refractivity contribution in [3.05, 3.63) is 82.2 Å². The van der Waals surface area contributed by atoms with Crippen molar-refractivity contribution in [2.24, 2.45) is 0 Å². The van der Waals surface area contributed by atoms with Gasteiger partial charge in [-0.1, -0.05) is 48.5 Å². The number of thioether (sulfide) groups is 1. The van der Waals surface area contributed by atoms with Gasteiger partial charge in [0.15, 0.2) is 0 Å². The van der Waals surface area contributed by atoms with Crippen molar-refractivity contribution in [2.75, 3.05) is 19.4 Å². The molecule has 0 fully saturated rings. The summed E-state index contributed by atoms with van der Waals surface area (Å²) in [6, 6.07) is 21.3. The molecule has 0 bridgehead atoms. The van der Waals surface area contributed by atoms with E-state index in [0.717, 1.165) is 21.8 Å². The molecular formula is C23H21N3O2S2. The van der Waals surface area contributed by atoms with Crippen LogP contribution in [0.1, 0.15) is 31.6 Å². The van der Waals surface area contributed by atoms with Gasteiger partial charge in [0.1, 0.15) is 16.3 Å². The fourth-order valence-corrected chi connectivity index (χ4v) is 5.08. The summed E-state index contributed by atoms with van der Waals surface area (Å²) in [7, 11) is 3.32. The SMILES string of the molecule is Cc1c(C(=O)N(C)C)sc(NC(=O)C(Sc2ccccc2)c2ccccc2)c1C#N. The predicted molar refractivity (Wildman–Crippen MR) is 122 cm³/mol. The van der Waals surface area contributed by atoms with Gasteiger partial charge < -0.3 is 10.2 Å². The Balaban J connectivity index is 1.94. The first-order valence-electron chi connectivity index (χ1n) is 9.25. The molecule has 1 unspecified atom stereocenters. The minimum atomic E-state index is -0.504. The molecule has 2 amide bonds. The highest BCUT2D eigenvalue weighted by molar-refractivity contribution is 8.00. The van der Waals surface area contributed by atoms with Crippen LogP contribution in [0.2, 0.25) is 0 Å². The second-order valence-corrected chi connectivity index (χ2v) is 8.98. The van der Waals surface area contributed by atoms with Crippen LogP contribution in [0.25, 0.3) is 0 Å². The molecule has 5 nitrogen and oxygen atoms in total. The molecule has 1 N–H and O–H groups in total. The van der Waals surface area contributed by atoms with Crippen molar-refractivity contribution >= 4 is 39.9 Å². The highest BCUT2D eigenvalue weighted by Crippen LogP contribution is 2.38. The number of thiophene rings is 1. The van der Waals surface area contributed by atoms with Crippen LogP contribution in [-0.2, 0) is 4.79 Å². The topological polar surface area (TPSA) is 73.2 Å². The van der Waals surface area contributed by atoms with E-state index in [4.69, 9.17) is 0 Å². The molecule has 0 saturated heterocycles. The molecule has 3 aromatic rings. The van der Waals surface area contributed by atoms with E-state index in [0.29, 0.717) is 21.0 Å². The summed E-state index contributed by atoms with van der Waals surface area (Å²) in [5.41, 5.74) is 1.78. The van der Waals surface area contributed by atoms with E-state index in [1.807, 2.05) is 60.7 Å². The monoisotopic (exact) mass is 435 g/mol. The van der Waals surface area contributed by atoms with E-state index >= 15 is 0 Å². The fraction of sp³-hybridized carbons (Fsp3) is 0.174. The number of nitrogens with one attached hydrogen (secondary N) is 1. The molecule has 0 saturated carbocycles. The molecule has 1 heterocycles. The summed E-state index contributed by atoms with van der Waals surface area (Å²) in [6.07, 6.45) is 0. The number of anilines is 1. The zero-order chi connectivity index (χ0) is 21.7. The lowest BCUT2D eigenvalue weighted by molar-refractivity contribution is -0.115. The maximum absolute atomic E-state index is 13.3. The third-order valence-electron chi connectivity index (χ3n) is 4.43. The van der Waals surface area contributed by atoms with Crippen molar-refractivity contribution in [3.63, 3.8) is 0 Å². The molecule has 7 heteroatoms. The van der Waals surface area contributed by atoms with E-state index in [9.17, 15) is 14.9 Å². The number of nitriles is 1. The summed E-state index contributed by atoms with van der Waals surface area (Å²) in [5.74, 6) is -0.426. The molecule has 0 aliphatic heterocycles. The zero-order valence-electron chi connectivity index (χ0n) is 16.9.